The van der Waals surface area contributed by atoms with E-state index in [4.69, 9.17) is 0 Å². The molecule has 0 aliphatic rings. The van der Waals surface area contributed by atoms with Gasteiger partial charge >= 0.3 is 6.18 Å². The zero-order chi connectivity index (χ0) is 13.1. The Morgan fingerprint density at radius 3 is 2.29 bits per heavy atom. The molecule has 0 unspecified atom stereocenters. The Hall–Kier alpha value is -1.04. The average Bonchev–Trinajstić information content (AvgIpc) is 2.25. The molecule has 1 aromatic carbocycles. The zero-order valence-corrected chi connectivity index (χ0v) is 10.7. The molecule has 0 aliphatic heterocycles. The Morgan fingerprint density at radius 2 is 1.82 bits per heavy atom. The number of nitrogens with zero attached hydrogens (tertiary/aromatic N) is 1. The van der Waals surface area contributed by atoms with Crippen molar-refractivity contribution in [3.63, 3.8) is 0 Å². The number of halogens is 4. The molecule has 2 nitrogen and oxygen atoms in total. The highest BCUT2D eigenvalue weighted by Gasteiger charge is 2.28. The first-order valence-corrected chi connectivity index (χ1v) is 5.67. The van der Waals surface area contributed by atoms with Crippen LogP contribution in [0.3, 0.4) is 0 Å². The van der Waals surface area contributed by atoms with Crippen molar-refractivity contribution >= 4 is 21.8 Å². The van der Waals surface area contributed by atoms with Gasteiger partial charge in [-0.3, -0.25) is 4.79 Å². The summed E-state index contributed by atoms with van der Waals surface area (Å²) in [4.78, 5) is 12.8. The number of carbonyl (C=O) groups excluding carboxylic acids is 1. The van der Waals surface area contributed by atoms with Crippen LogP contribution in [0.1, 0.15) is 16.8 Å². The monoisotopic (exact) mass is 309 g/mol. The number of amides is 1. The van der Waals surface area contributed by atoms with Crippen LogP contribution in [0.15, 0.2) is 28.7 Å². The number of hydrogen-bond acceptors (Lipinski definition) is 1. The number of rotatable bonds is 3. The minimum Gasteiger partial charge on any atom is -0.341 e. The average molecular weight is 310 g/mol. The highest BCUT2D eigenvalue weighted by Crippen LogP contribution is 2.20. The van der Waals surface area contributed by atoms with E-state index >= 15 is 0 Å². The van der Waals surface area contributed by atoms with E-state index in [1.54, 1.807) is 24.3 Å². The molecule has 94 valence electrons. The first-order chi connectivity index (χ1) is 7.79. The molecule has 1 aromatic rings. The summed E-state index contributed by atoms with van der Waals surface area (Å²) in [5.74, 6) is -0.415. The van der Waals surface area contributed by atoms with Gasteiger partial charge in [-0.1, -0.05) is 15.9 Å². The minimum absolute atomic E-state index is 0.335. The van der Waals surface area contributed by atoms with Crippen molar-refractivity contribution < 1.29 is 18.0 Å². The lowest BCUT2D eigenvalue weighted by Gasteiger charge is -2.18. The second kappa shape index (κ2) is 5.53. The molecule has 1 amide bonds. The molecule has 0 spiro atoms. The van der Waals surface area contributed by atoms with Crippen LogP contribution in [-0.4, -0.2) is 30.6 Å². The van der Waals surface area contributed by atoms with Gasteiger partial charge in [0.2, 0.25) is 0 Å². The van der Waals surface area contributed by atoms with E-state index in [0.717, 1.165) is 9.37 Å². The lowest BCUT2D eigenvalue weighted by Crippen LogP contribution is -2.30. The predicted octanol–water partition coefficient (Wildman–Crippen LogP) is 3.47. The lowest BCUT2D eigenvalue weighted by atomic mass is 10.2. The van der Waals surface area contributed by atoms with E-state index in [1.165, 1.54) is 7.05 Å². The quantitative estimate of drug-likeness (QED) is 0.837. The summed E-state index contributed by atoms with van der Waals surface area (Å²) in [5, 5.41) is 0. The molecule has 0 aromatic heterocycles. The van der Waals surface area contributed by atoms with E-state index in [-0.39, 0.29) is 6.54 Å². The topological polar surface area (TPSA) is 20.3 Å². The first kappa shape index (κ1) is 14.0. The van der Waals surface area contributed by atoms with Crippen molar-refractivity contribution in [2.45, 2.75) is 12.6 Å². The third kappa shape index (κ3) is 4.77. The molecule has 0 saturated heterocycles. The SMILES string of the molecule is CN(CCC(F)(F)F)C(=O)c1ccc(Br)cc1. The van der Waals surface area contributed by atoms with Crippen molar-refractivity contribution in [1.29, 1.82) is 0 Å². The van der Waals surface area contributed by atoms with Crippen LogP contribution in [0.2, 0.25) is 0 Å². The smallest absolute Gasteiger partial charge is 0.341 e. The zero-order valence-electron chi connectivity index (χ0n) is 9.09. The fourth-order valence-corrected chi connectivity index (χ4v) is 1.47. The summed E-state index contributed by atoms with van der Waals surface area (Å²) in [7, 11) is 1.36. The second-order valence-corrected chi connectivity index (χ2v) is 4.51. The summed E-state index contributed by atoms with van der Waals surface area (Å²) in [6.07, 6.45) is -5.24. The number of carbonyl (C=O) groups is 1. The van der Waals surface area contributed by atoms with Crippen molar-refractivity contribution in [3.05, 3.63) is 34.3 Å². The Bertz CT molecular complexity index is 389. The van der Waals surface area contributed by atoms with Crippen molar-refractivity contribution in [1.82, 2.24) is 4.90 Å². The van der Waals surface area contributed by atoms with E-state index in [2.05, 4.69) is 15.9 Å². The standard InChI is InChI=1S/C11H11BrF3NO/c1-16(7-6-11(13,14)15)10(17)8-2-4-9(12)5-3-8/h2-5H,6-7H2,1H3. The maximum atomic E-state index is 12.0. The fraction of sp³-hybridized carbons (Fsp3) is 0.364. The third-order valence-electron chi connectivity index (χ3n) is 2.17. The molecule has 0 aliphatic carbocycles. The summed E-state index contributed by atoms with van der Waals surface area (Å²) < 4.78 is 36.8. The van der Waals surface area contributed by atoms with Gasteiger partial charge in [-0.15, -0.1) is 0 Å². The maximum Gasteiger partial charge on any atom is 0.390 e. The summed E-state index contributed by atoms with van der Waals surface area (Å²) in [5.41, 5.74) is 0.373. The van der Waals surface area contributed by atoms with Crippen LogP contribution in [0.4, 0.5) is 13.2 Å². The normalized spacial score (nSPS) is 11.4. The molecule has 0 fully saturated rings. The van der Waals surface area contributed by atoms with Gasteiger partial charge in [0.05, 0.1) is 6.42 Å². The molecule has 0 radical (unpaired) electrons. The van der Waals surface area contributed by atoms with Gasteiger partial charge < -0.3 is 4.90 Å². The highest BCUT2D eigenvalue weighted by atomic mass is 79.9. The van der Waals surface area contributed by atoms with Gasteiger partial charge in [0.1, 0.15) is 0 Å². The fourth-order valence-electron chi connectivity index (χ4n) is 1.21. The van der Waals surface area contributed by atoms with Crippen LogP contribution in [0.5, 0.6) is 0 Å². The Kier molecular flexibility index (Phi) is 4.56. The van der Waals surface area contributed by atoms with Gasteiger partial charge in [0.15, 0.2) is 0 Å². The van der Waals surface area contributed by atoms with Gasteiger partial charge in [-0.25, -0.2) is 0 Å². The largest absolute Gasteiger partial charge is 0.390 e. The molecule has 0 saturated carbocycles. The molecule has 0 bridgehead atoms. The van der Waals surface area contributed by atoms with Crippen LogP contribution in [0.25, 0.3) is 0 Å². The van der Waals surface area contributed by atoms with Crippen LogP contribution >= 0.6 is 15.9 Å². The van der Waals surface area contributed by atoms with Crippen molar-refractivity contribution in [2.24, 2.45) is 0 Å². The predicted molar refractivity (Wildman–Crippen MR) is 61.8 cm³/mol. The molecule has 17 heavy (non-hydrogen) atoms. The van der Waals surface area contributed by atoms with Gasteiger partial charge in [0.25, 0.3) is 5.91 Å². The van der Waals surface area contributed by atoms with Crippen molar-refractivity contribution in [2.75, 3.05) is 13.6 Å². The molecular formula is C11H11BrF3NO. The van der Waals surface area contributed by atoms with E-state index in [9.17, 15) is 18.0 Å². The lowest BCUT2D eigenvalue weighted by molar-refractivity contribution is -0.136. The summed E-state index contributed by atoms with van der Waals surface area (Å²) in [6.45, 7) is -0.335. The van der Waals surface area contributed by atoms with Crippen LogP contribution in [-0.2, 0) is 0 Å². The van der Waals surface area contributed by atoms with E-state index in [0.29, 0.717) is 5.56 Å². The molecule has 0 atom stereocenters. The third-order valence-corrected chi connectivity index (χ3v) is 2.70. The van der Waals surface area contributed by atoms with Gasteiger partial charge in [0, 0.05) is 23.6 Å². The second-order valence-electron chi connectivity index (χ2n) is 3.60. The summed E-state index contributed by atoms with van der Waals surface area (Å²) in [6, 6.07) is 6.47. The van der Waals surface area contributed by atoms with Crippen molar-refractivity contribution in [3.8, 4) is 0 Å². The van der Waals surface area contributed by atoms with Crippen LogP contribution in [0, 0.1) is 0 Å². The first-order valence-electron chi connectivity index (χ1n) is 4.87. The van der Waals surface area contributed by atoms with Crippen LogP contribution < -0.4 is 0 Å². The van der Waals surface area contributed by atoms with E-state index < -0.39 is 18.5 Å². The molecule has 1 rings (SSSR count). The Morgan fingerprint density at radius 1 is 1.29 bits per heavy atom. The van der Waals surface area contributed by atoms with Gasteiger partial charge in [-0.05, 0) is 24.3 Å². The minimum atomic E-state index is -4.24. The maximum absolute atomic E-state index is 12.0. The number of alkyl halides is 3. The van der Waals surface area contributed by atoms with Gasteiger partial charge in [-0.2, -0.15) is 13.2 Å². The summed E-state index contributed by atoms with van der Waals surface area (Å²) >= 11 is 3.21. The molecule has 0 N–H and O–H groups in total. The molecular weight excluding hydrogens is 299 g/mol. The van der Waals surface area contributed by atoms with E-state index in [1.807, 2.05) is 0 Å². The number of benzene rings is 1. The molecule has 6 heteroatoms. The molecule has 0 heterocycles. The Balaban J connectivity index is 2.61. The number of hydrogen-bond donors (Lipinski definition) is 0. The Labute approximate surface area is 106 Å². The highest BCUT2D eigenvalue weighted by molar-refractivity contribution is 9.10.